The third-order valence-corrected chi connectivity index (χ3v) is 4.32. The summed E-state index contributed by atoms with van der Waals surface area (Å²) in [5.41, 5.74) is 2.12. The Hall–Kier alpha value is -1.18. The van der Waals surface area contributed by atoms with Crippen LogP contribution in [0.2, 0.25) is 0 Å². The summed E-state index contributed by atoms with van der Waals surface area (Å²) in [5.74, 6) is 1.32. The van der Waals surface area contributed by atoms with E-state index < -0.39 is 0 Å². The van der Waals surface area contributed by atoms with Gasteiger partial charge in [0.25, 0.3) is 0 Å². The number of ether oxygens (including phenoxy) is 1. The zero-order valence-corrected chi connectivity index (χ0v) is 12.5. The van der Waals surface area contributed by atoms with Crippen LogP contribution in [-0.2, 0) is 12.8 Å². The van der Waals surface area contributed by atoms with E-state index in [9.17, 15) is 5.11 Å². The molecule has 1 N–H and O–H groups in total. The van der Waals surface area contributed by atoms with Gasteiger partial charge in [-0.25, -0.2) is 0 Å². The summed E-state index contributed by atoms with van der Waals surface area (Å²) in [6.07, 6.45) is 7.58. The molecule has 1 aromatic carbocycles. The molecule has 2 rings (SSSR count). The fourth-order valence-electron chi connectivity index (χ4n) is 2.71. The summed E-state index contributed by atoms with van der Waals surface area (Å²) in [5, 5.41) is 10.2. The van der Waals surface area contributed by atoms with Gasteiger partial charge >= 0.3 is 0 Å². The molecule has 1 unspecified atom stereocenters. The van der Waals surface area contributed by atoms with E-state index in [2.05, 4.69) is 26.8 Å². The van der Waals surface area contributed by atoms with Gasteiger partial charge in [-0.3, -0.25) is 0 Å². The second kappa shape index (κ2) is 5.85. The van der Waals surface area contributed by atoms with Crippen LogP contribution in [-0.4, -0.2) is 10.7 Å². The number of hydrogen-bond acceptors (Lipinski definition) is 2. The van der Waals surface area contributed by atoms with Crippen LogP contribution in [0.15, 0.2) is 12.1 Å². The van der Waals surface area contributed by atoms with E-state index in [0.717, 1.165) is 37.0 Å². The highest BCUT2D eigenvalue weighted by atomic mass is 16.5. The Morgan fingerprint density at radius 3 is 2.74 bits per heavy atom. The van der Waals surface area contributed by atoms with Gasteiger partial charge < -0.3 is 9.84 Å². The molecule has 106 valence electrons. The molecule has 1 heterocycles. The quantitative estimate of drug-likeness (QED) is 0.785. The Kier molecular flexibility index (Phi) is 4.38. The van der Waals surface area contributed by atoms with Crippen LogP contribution in [0, 0.1) is 0 Å². The standard InChI is InChI=1S/C17H26O2/c1-4-6-7-8-13-11-15(18)14-9-10-17(3,5-2)19-16(14)12-13/h11-12,18H,4-10H2,1-3H3. The summed E-state index contributed by atoms with van der Waals surface area (Å²) < 4.78 is 6.14. The van der Waals surface area contributed by atoms with Crippen molar-refractivity contribution in [2.75, 3.05) is 0 Å². The van der Waals surface area contributed by atoms with Gasteiger partial charge in [0.15, 0.2) is 0 Å². The molecule has 2 heteroatoms. The Morgan fingerprint density at radius 2 is 2.05 bits per heavy atom. The predicted molar refractivity (Wildman–Crippen MR) is 79.0 cm³/mol. The first-order valence-corrected chi connectivity index (χ1v) is 7.61. The molecule has 0 aromatic heterocycles. The largest absolute Gasteiger partial charge is 0.508 e. The van der Waals surface area contributed by atoms with Gasteiger partial charge in [0, 0.05) is 5.56 Å². The first kappa shape index (κ1) is 14.2. The molecule has 2 nitrogen and oxygen atoms in total. The van der Waals surface area contributed by atoms with Crippen molar-refractivity contribution < 1.29 is 9.84 Å². The van der Waals surface area contributed by atoms with Crippen molar-refractivity contribution in [3.63, 3.8) is 0 Å². The summed E-state index contributed by atoms with van der Waals surface area (Å²) in [4.78, 5) is 0. The number of hydrogen-bond donors (Lipinski definition) is 1. The first-order valence-electron chi connectivity index (χ1n) is 7.61. The molecule has 0 bridgehead atoms. The van der Waals surface area contributed by atoms with Gasteiger partial charge in [-0.05, 0) is 56.7 Å². The first-order chi connectivity index (χ1) is 9.08. The maximum atomic E-state index is 10.2. The SMILES string of the molecule is CCCCCc1cc(O)c2c(c1)OC(C)(CC)CC2. The minimum absolute atomic E-state index is 0.0680. The highest BCUT2D eigenvalue weighted by molar-refractivity contribution is 5.49. The summed E-state index contributed by atoms with van der Waals surface area (Å²) >= 11 is 0. The molecule has 1 aromatic rings. The minimum atomic E-state index is -0.0680. The highest BCUT2D eigenvalue weighted by Crippen LogP contribution is 2.40. The molecular weight excluding hydrogens is 236 g/mol. The lowest BCUT2D eigenvalue weighted by Crippen LogP contribution is -2.35. The maximum absolute atomic E-state index is 10.2. The molecule has 0 saturated carbocycles. The van der Waals surface area contributed by atoms with Gasteiger partial charge in [0.1, 0.15) is 17.1 Å². The monoisotopic (exact) mass is 262 g/mol. The van der Waals surface area contributed by atoms with Crippen molar-refractivity contribution in [1.82, 2.24) is 0 Å². The van der Waals surface area contributed by atoms with Gasteiger partial charge in [0.2, 0.25) is 0 Å². The molecule has 0 saturated heterocycles. The molecule has 1 aliphatic heterocycles. The number of benzene rings is 1. The molecule has 0 radical (unpaired) electrons. The van der Waals surface area contributed by atoms with Crippen molar-refractivity contribution in [3.8, 4) is 11.5 Å². The van der Waals surface area contributed by atoms with E-state index in [4.69, 9.17) is 4.74 Å². The van der Waals surface area contributed by atoms with Crippen LogP contribution in [0.4, 0.5) is 0 Å². The number of unbranched alkanes of at least 4 members (excludes halogenated alkanes) is 2. The maximum Gasteiger partial charge on any atom is 0.127 e. The Balaban J connectivity index is 2.19. The molecule has 19 heavy (non-hydrogen) atoms. The molecule has 0 fully saturated rings. The number of phenols is 1. The van der Waals surface area contributed by atoms with Crippen molar-refractivity contribution in [3.05, 3.63) is 23.3 Å². The predicted octanol–water partition coefficient (Wildman–Crippen LogP) is 4.62. The highest BCUT2D eigenvalue weighted by Gasteiger charge is 2.31. The number of rotatable bonds is 5. The van der Waals surface area contributed by atoms with E-state index in [1.54, 1.807) is 0 Å². The van der Waals surface area contributed by atoms with Crippen molar-refractivity contribution in [1.29, 1.82) is 0 Å². The Labute approximate surface area is 116 Å². The van der Waals surface area contributed by atoms with Crippen molar-refractivity contribution in [2.45, 2.75) is 71.3 Å². The summed E-state index contributed by atoms with van der Waals surface area (Å²) in [7, 11) is 0. The van der Waals surface area contributed by atoms with E-state index >= 15 is 0 Å². The van der Waals surface area contributed by atoms with Gasteiger partial charge in [-0.1, -0.05) is 26.7 Å². The fourth-order valence-corrected chi connectivity index (χ4v) is 2.71. The van der Waals surface area contributed by atoms with Crippen LogP contribution in [0.5, 0.6) is 11.5 Å². The van der Waals surface area contributed by atoms with Gasteiger partial charge in [-0.15, -0.1) is 0 Å². The number of fused-ring (bicyclic) bond motifs is 1. The van der Waals surface area contributed by atoms with E-state index in [1.807, 2.05) is 6.07 Å². The molecule has 1 aliphatic rings. The third-order valence-electron chi connectivity index (χ3n) is 4.32. The number of aryl methyl sites for hydroxylation is 1. The number of phenolic OH excluding ortho intramolecular Hbond substituents is 1. The van der Waals surface area contributed by atoms with E-state index in [1.165, 1.54) is 24.8 Å². The van der Waals surface area contributed by atoms with Gasteiger partial charge in [-0.2, -0.15) is 0 Å². The van der Waals surface area contributed by atoms with Crippen LogP contribution in [0.3, 0.4) is 0 Å². The topological polar surface area (TPSA) is 29.5 Å². The van der Waals surface area contributed by atoms with Crippen LogP contribution in [0.25, 0.3) is 0 Å². The average Bonchev–Trinajstić information content (AvgIpc) is 2.38. The Morgan fingerprint density at radius 1 is 1.26 bits per heavy atom. The van der Waals surface area contributed by atoms with E-state index in [-0.39, 0.29) is 5.60 Å². The molecule has 0 spiro atoms. The van der Waals surface area contributed by atoms with Crippen LogP contribution in [0.1, 0.15) is 64.0 Å². The molecule has 1 atom stereocenters. The van der Waals surface area contributed by atoms with Gasteiger partial charge in [0.05, 0.1) is 0 Å². The lowest BCUT2D eigenvalue weighted by Gasteiger charge is -2.35. The molecule has 0 amide bonds. The molecule has 0 aliphatic carbocycles. The van der Waals surface area contributed by atoms with Crippen molar-refractivity contribution in [2.24, 2.45) is 0 Å². The lowest BCUT2D eigenvalue weighted by molar-refractivity contribution is 0.0603. The fraction of sp³-hybridized carbons (Fsp3) is 0.647. The normalized spacial score (nSPS) is 21.8. The second-order valence-corrected chi connectivity index (χ2v) is 5.95. The van der Waals surface area contributed by atoms with Crippen LogP contribution >= 0.6 is 0 Å². The van der Waals surface area contributed by atoms with Crippen LogP contribution < -0.4 is 4.74 Å². The molecular formula is C17H26O2. The summed E-state index contributed by atoms with van der Waals surface area (Å²) in [6, 6.07) is 4.06. The lowest BCUT2D eigenvalue weighted by atomic mass is 9.89. The summed E-state index contributed by atoms with van der Waals surface area (Å²) in [6.45, 7) is 6.53. The average molecular weight is 262 g/mol. The Bertz CT molecular complexity index is 439. The second-order valence-electron chi connectivity index (χ2n) is 5.95. The number of aromatic hydroxyl groups is 1. The minimum Gasteiger partial charge on any atom is -0.508 e. The zero-order chi connectivity index (χ0) is 13.9. The smallest absolute Gasteiger partial charge is 0.127 e. The zero-order valence-electron chi connectivity index (χ0n) is 12.5. The van der Waals surface area contributed by atoms with E-state index in [0.29, 0.717) is 5.75 Å². The third kappa shape index (κ3) is 3.23. The van der Waals surface area contributed by atoms with Crippen molar-refractivity contribution >= 4 is 0 Å².